The van der Waals surface area contributed by atoms with Gasteiger partial charge < -0.3 is 20.3 Å². The molecule has 1 aromatic rings. The maximum Gasteiger partial charge on any atom is 0.253 e. The number of amides is 2. The van der Waals surface area contributed by atoms with E-state index in [1.165, 1.54) is 4.90 Å². The van der Waals surface area contributed by atoms with E-state index in [2.05, 4.69) is 10.6 Å². The van der Waals surface area contributed by atoms with Gasteiger partial charge in [-0.15, -0.1) is 0 Å². The zero-order valence-electron chi connectivity index (χ0n) is 13.3. The number of morpholine rings is 1. The van der Waals surface area contributed by atoms with Gasteiger partial charge in [-0.25, -0.2) is 0 Å². The van der Waals surface area contributed by atoms with Crippen LogP contribution in [0, 0.1) is 0 Å². The molecule has 0 radical (unpaired) electrons. The molecule has 1 aromatic carbocycles. The number of hydrogen-bond donors (Lipinski definition) is 2. The molecule has 1 saturated heterocycles. The third-order valence-electron chi connectivity index (χ3n) is 3.65. The van der Waals surface area contributed by atoms with Crippen LogP contribution in [0.4, 0.5) is 0 Å². The van der Waals surface area contributed by atoms with Crippen LogP contribution in [0.25, 0.3) is 0 Å². The molecule has 2 rings (SSSR count). The van der Waals surface area contributed by atoms with Gasteiger partial charge in [0.1, 0.15) is 6.04 Å². The number of rotatable bonds is 4. The van der Waals surface area contributed by atoms with Crippen molar-refractivity contribution in [1.82, 2.24) is 15.5 Å². The van der Waals surface area contributed by atoms with Crippen LogP contribution in [0.5, 0.6) is 0 Å². The molecular weight excluding hydrogens is 282 g/mol. The molecule has 1 fully saturated rings. The Bertz CT molecular complexity index is 545. The minimum atomic E-state index is -0.333. The minimum Gasteiger partial charge on any atom is -0.375 e. The Kier molecular flexibility index (Phi) is 5.51. The van der Waals surface area contributed by atoms with Crippen LogP contribution in [0.15, 0.2) is 24.3 Å². The number of carbonyl (C=O) groups is 2. The molecule has 0 saturated carbocycles. The maximum absolute atomic E-state index is 12.2. The minimum absolute atomic E-state index is 0.0517. The number of nitrogens with zero attached hydrogens (tertiary/aromatic N) is 1. The van der Waals surface area contributed by atoms with Crippen molar-refractivity contribution < 1.29 is 14.3 Å². The van der Waals surface area contributed by atoms with Crippen molar-refractivity contribution in [1.29, 1.82) is 0 Å². The van der Waals surface area contributed by atoms with Crippen LogP contribution >= 0.6 is 0 Å². The number of hydrogen-bond acceptors (Lipinski definition) is 4. The van der Waals surface area contributed by atoms with E-state index in [1.807, 2.05) is 19.1 Å². The average Bonchev–Trinajstić information content (AvgIpc) is 2.52. The van der Waals surface area contributed by atoms with Crippen LogP contribution in [0.1, 0.15) is 22.8 Å². The number of nitrogens with one attached hydrogen (secondary N) is 2. The second-order valence-corrected chi connectivity index (χ2v) is 5.63. The molecule has 0 spiro atoms. The summed E-state index contributed by atoms with van der Waals surface area (Å²) in [7, 11) is 3.43. The highest BCUT2D eigenvalue weighted by molar-refractivity contribution is 5.94. The standard InChI is InChI=1S/C16H23N3O3/c1-11-14(17-7-8-22-11)15(20)18-10-12-5-4-6-13(9-12)16(21)19(2)3/h4-6,9,11,14,17H,7-8,10H2,1-3H3,(H,18,20)/t11-,14+/m1/s1. The Balaban J connectivity index is 1.95. The van der Waals surface area contributed by atoms with Gasteiger partial charge in [0.2, 0.25) is 5.91 Å². The molecular formula is C16H23N3O3. The van der Waals surface area contributed by atoms with E-state index in [4.69, 9.17) is 4.74 Å². The van der Waals surface area contributed by atoms with Gasteiger partial charge in [0.25, 0.3) is 5.91 Å². The van der Waals surface area contributed by atoms with Crippen molar-refractivity contribution in [2.45, 2.75) is 25.6 Å². The van der Waals surface area contributed by atoms with E-state index in [0.717, 1.165) is 5.56 Å². The fourth-order valence-electron chi connectivity index (χ4n) is 2.40. The maximum atomic E-state index is 12.2. The Hall–Kier alpha value is -1.92. The highest BCUT2D eigenvalue weighted by atomic mass is 16.5. The molecule has 6 nitrogen and oxygen atoms in total. The van der Waals surface area contributed by atoms with Crippen LogP contribution in [-0.4, -0.2) is 56.1 Å². The first-order valence-electron chi connectivity index (χ1n) is 7.42. The lowest BCUT2D eigenvalue weighted by Gasteiger charge is -2.29. The van der Waals surface area contributed by atoms with Crippen molar-refractivity contribution >= 4 is 11.8 Å². The summed E-state index contributed by atoms with van der Waals surface area (Å²) in [5.74, 6) is -0.138. The largest absolute Gasteiger partial charge is 0.375 e. The van der Waals surface area contributed by atoms with E-state index in [0.29, 0.717) is 25.3 Å². The Morgan fingerprint density at radius 2 is 2.18 bits per heavy atom. The van der Waals surface area contributed by atoms with E-state index in [-0.39, 0.29) is 24.0 Å². The number of benzene rings is 1. The van der Waals surface area contributed by atoms with E-state index in [9.17, 15) is 9.59 Å². The van der Waals surface area contributed by atoms with Crippen LogP contribution in [0.3, 0.4) is 0 Å². The first-order chi connectivity index (χ1) is 10.5. The fraction of sp³-hybridized carbons (Fsp3) is 0.500. The highest BCUT2D eigenvalue weighted by Crippen LogP contribution is 2.08. The Labute approximate surface area is 130 Å². The summed E-state index contributed by atoms with van der Waals surface area (Å²) < 4.78 is 5.47. The molecule has 1 aliphatic heterocycles. The lowest BCUT2D eigenvalue weighted by atomic mass is 10.1. The lowest BCUT2D eigenvalue weighted by Crippen LogP contribution is -2.55. The Morgan fingerprint density at radius 3 is 2.86 bits per heavy atom. The zero-order chi connectivity index (χ0) is 16.1. The fourth-order valence-corrected chi connectivity index (χ4v) is 2.40. The van der Waals surface area contributed by atoms with Gasteiger partial charge in [0.15, 0.2) is 0 Å². The summed E-state index contributed by atoms with van der Waals surface area (Å²) in [6.07, 6.45) is -0.143. The molecule has 1 heterocycles. The normalized spacial score (nSPS) is 21.2. The van der Waals surface area contributed by atoms with E-state index < -0.39 is 0 Å². The summed E-state index contributed by atoms with van der Waals surface area (Å²) in [5.41, 5.74) is 1.51. The van der Waals surface area contributed by atoms with Crippen molar-refractivity contribution in [2.75, 3.05) is 27.2 Å². The monoisotopic (exact) mass is 305 g/mol. The summed E-state index contributed by atoms with van der Waals surface area (Å²) in [6.45, 7) is 3.57. The summed E-state index contributed by atoms with van der Waals surface area (Å²) in [6, 6.07) is 6.95. The predicted molar refractivity (Wildman–Crippen MR) is 83.5 cm³/mol. The second kappa shape index (κ2) is 7.38. The molecule has 2 amide bonds. The van der Waals surface area contributed by atoms with Crippen LogP contribution < -0.4 is 10.6 Å². The van der Waals surface area contributed by atoms with Gasteiger partial charge in [0, 0.05) is 32.7 Å². The van der Waals surface area contributed by atoms with E-state index >= 15 is 0 Å². The summed E-state index contributed by atoms with van der Waals surface area (Å²) >= 11 is 0. The zero-order valence-corrected chi connectivity index (χ0v) is 13.3. The predicted octanol–water partition coefficient (Wildman–Crippen LogP) is 0.382. The van der Waals surface area contributed by atoms with Crippen LogP contribution in [0.2, 0.25) is 0 Å². The van der Waals surface area contributed by atoms with Gasteiger partial charge >= 0.3 is 0 Å². The van der Waals surface area contributed by atoms with Crippen molar-refractivity contribution in [3.05, 3.63) is 35.4 Å². The molecule has 2 atom stereocenters. The third kappa shape index (κ3) is 4.05. The molecule has 0 aliphatic carbocycles. The van der Waals surface area contributed by atoms with Gasteiger partial charge in [-0.2, -0.15) is 0 Å². The first kappa shape index (κ1) is 16.5. The average molecular weight is 305 g/mol. The van der Waals surface area contributed by atoms with E-state index in [1.54, 1.807) is 26.2 Å². The summed E-state index contributed by atoms with van der Waals surface area (Å²) in [4.78, 5) is 25.6. The second-order valence-electron chi connectivity index (χ2n) is 5.63. The van der Waals surface area contributed by atoms with Gasteiger partial charge in [-0.1, -0.05) is 12.1 Å². The molecule has 1 aliphatic rings. The molecule has 120 valence electrons. The number of carbonyl (C=O) groups excluding carboxylic acids is 2. The molecule has 6 heteroatoms. The quantitative estimate of drug-likeness (QED) is 0.844. The SMILES string of the molecule is C[C@H]1OCCN[C@@H]1C(=O)NCc1cccc(C(=O)N(C)C)c1. The lowest BCUT2D eigenvalue weighted by molar-refractivity contribution is -0.129. The van der Waals surface area contributed by atoms with Crippen LogP contribution in [-0.2, 0) is 16.1 Å². The van der Waals surface area contributed by atoms with Gasteiger partial charge in [-0.05, 0) is 24.6 Å². The van der Waals surface area contributed by atoms with Crippen molar-refractivity contribution in [3.8, 4) is 0 Å². The first-order valence-corrected chi connectivity index (χ1v) is 7.42. The highest BCUT2D eigenvalue weighted by Gasteiger charge is 2.27. The molecule has 2 N–H and O–H groups in total. The third-order valence-corrected chi connectivity index (χ3v) is 3.65. The molecule has 0 aromatic heterocycles. The Morgan fingerprint density at radius 1 is 1.41 bits per heavy atom. The van der Waals surface area contributed by atoms with Gasteiger partial charge in [0.05, 0.1) is 12.7 Å². The van der Waals surface area contributed by atoms with Crippen molar-refractivity contribution in [2.24, 2.45) is 0 Å². The molecule has 0 bridgehead atoms. The van der Waals surface area contributed by atoms with Gasteiger partial charge in [-0.3, -0.25) is 9.59 Å². The topological polar surface area (TPSA) is 70.7 Å². The number of ether oxygens (including phenoxy) is 1. The van der Waals surface area contributed by atoms with Crippen molar-refractivity contribution in [3.63, 3.8) is 0 Å². The molecule has 0 unspecified atom stereocenters. The molecule has 22 heavy (non-hydrogen) atoms. The smallest absolute Gasteiger partial charge is 0.253 e. The summed E-state index contributed by atoms with van der Waals surface area (Å²) in [5, 5.41) is 6.04.